The lowest BCUT2D eigenvalue weighted by Crippen LogP contribution is -2.44. The van der Waals surface area contributed by atoms with Crippen LogP contribution in [0.15, 0.2) is 48.5 Å². The second-order valence-corrected chi connectivity index (χ2v) is 7.21. The van der Waals surface area contributed by atoms with Gasteiger partial charge in [-0.05, 0) is 50.2 Å². The third-order valence-corrected chi connectivity index (χ3v) is 5.41. The Morgan fingerprint density at radius 1 is 1.00 bits per heavy atom. The van der Waals surface area contributed by atoms with Crippen molar-refractivity contribution in [2.45, 2.75) is 24.9 Å². The number of imidazole rings is 1. The van der Waals surface area contributed by atoms with Gasteiger partial charge in [0.15, 0.2) is 11.5 Å². The average Bonchev–Trinajstić information content (AvgIpc) is 3.13. The maximum Gasteiger partial charge on any atom is 0.161 e. The van der Waals surface area contributed by atoms with Gasteiger partial charge in [0, 0.05) is 12.5 Å². The molecular weight excluding hydrogens is 326 g/mol. The molecule has 5 heteroatoms. The van der Waals surface area contributed by atoms with Crippen molar-refractivity contribution >= 4 is 11.0 Å². The first kappa shape index (κ1) is 15.7. The number of aromatic nitrogens is 2. The Morgan fingerprint density at radius 2 is 1.77 bits per heavy atom. The Labute approximate surface area is 152 Å². The van der Waals surface area contributed by atoms with Crippen molar-refractivity contribution in [1.29, 1.82) is 0 Å². The maximum atomic E-state index is 6.10. The number of hydrogen-bond donors (Lipinski definition) is 1. The van der Waals surface area contributed by atoms with Crippen LogP contribution in [0.25, 0.3) is 11.0 Å². The number of fused-ring (bicyclic) bond motifs is 2. The minimum Gasteiger partial charge on any atom is -0.486 e. The molecule has 3 aromatic rings. The van der Waals surface area contributed by atoms with E-state index in [4.69, 9.17) is 14.5 Å². The number of H-pyrrole nitrogens is 1. The normalized spacial score (nSPS) is 21.2. The summed E-state index contributed by atoms with van der Waals surface area (Å²) in [5, 5.41) is 0. The molecule has 1 atom stereocenters. The monoisotopic (exact) mass is 349 g/mol. The topological polar surface area (TPSA) is 50.4 Å². The fourth-order valence-corrected chi connectivity index (χ4v) is 4.00. The van der Waals surface area contributed by atoms with E-state index < -0.39 is 0 Å². The summed E-state index contributed by atoms with van der Waals surface area (Å²) in [5.41, 5.74) is 2.20. The van der Waals surface area contributed by atoms with Gasteiger partial charge >= 0.3 is 0 Å². The van der Waals surface area contributed by atoms with E-state index in [1.54, 1.807) is 0 Å². The largest absolute Gasteiger partial charge is 0.486 e. The van der Waals surface area contributed by atoms with E-state index >= 15 is 0 Å². The molecular formula is C21H23N3O2. The summed E-state index contributed by atoms with van der Waals surface area (Å²) >= 11 is 0. The molecule has 2 aliphatic rings. The molecule has 1 aromatic heterocycles. The van der Waals surface area contributed by atoms with Gasteiger partial charge in [0.05, 0.1) is 11.0 Å². The van der Waals surface area contributed by atoms with Gasteiger partial charge in [-0.2, -0.15) is 0 Å². The number of benzene rings is 2. The van der Waals surface area contributed by atoms with Crippen molar-refractivity contribution in [3.8, 4) is 11.5 Å². The lowest BCUT2D eigenvalue weighted by molar-refractivity contribution is 0.0511. The molecule has 1 saturated heterocycles. The van der Waals surface area contributed by atoms with Crippen LogP contribution >= 0.6 is 0 Å². The number of ether oxygens (including phenoxy) is 2. The molecule has 0 aliphatic carbocycles. The van der Waals surface area contributed by atoms with Crippen LogP contribution in [0.3, 0.4) is 0 Å². The van der Waals surface area contributed by atoms with E-state index in [1.807, 2.05) is 30.3 Å². The van der Waals surface area contributed by atoms with Crippen molar-refractivity contribution in [3.63, 3.8) is 0 Å². The zero-order valence-corrected chi connectivity index (χ0v) is 14.7. The molecule has 2 aromatic carbocycles. The summed E-state index contributed by atoms with van der Waals surface area (Å²) in [6, 6.07) is 16.2. The second-order valence-electron chi connectivity index (χ2n) is 7.21. The lowest BCUT2D eigenvalue weighted by atomic mass is 9.96. The van der Waals surface area contributed by atoms with E-state index in [2.05, 4.69) is 28.1 Å². The molecule has 1 unspecified atom stereocenters. The van der Waals surface area contributed by atoms with Gasteiger partial charge in [0.2, 0.25) is 0 Å². The minimum absolute atomic E-state index is 0.104. The summed E-state index contributed by atoms with van der Waals surface area (Å²) in [6.45, 7) is 3.69. The molecule has 1 N–H and O–H groups in total. The molecule has 0 bridgehead atoms. The zero-order valence-electron chi connectivity index (χ0n) is 14.7. The number of piperidine rings is 1. The Balaban J connectivity index is 1.19. The zero-order chi connectivity index (χ0) is 17.3. The predicted octanol–water partition coefficient (Wildman–Crippen LogP) is 3.58. The Bertz CT molecular complexity index is 866. The molecule has 1 fully saturated rings. The first-order valence-electron chi connectivity index (χ1n) is 9.40. The van der Waals surface area contributed by atoms with E-state index in [0.29, 0.717) is 12.5 Å². The van der Waals surface area contributed by atoms with Crippen LogP contribution in [-0.2, 0) is 0 Å². The number of aromatic amines is 1. The third kappa shape index (κ3) is 3.03. The highest BCUT2D eigenvalue weighted by Crippen LogP contribution is 2.32. The summed E-state index contributed by atoms with van der Waals surface area (Å²) in [5.74, 6) is 3.37. The third-order valence-electron chi connectivity index (χ3n) is 5.41. The average molecular weight is 349 g/mol. The SMILES string of the molecule is c1ccc2c(c1)OCC(CN1CCC(c3nc4ccccc4[nH]3)CC1)O2. The van der Waals surface area contributed by atoms with Crippen molar-refractivity contribution in [1.82, 2.24) is 14.9 Å². The number of para-hydroxylation sites is 4. The minimum atomic E-state index is 0.104. The molecule has 5 nitrogen and oxygen atoms in total. The molecule has 2 aliphatic heterocycles. The number of hydrogen-bond acceptors (Lipinski definition) is 4. The predicted molar refractivity (Wildman–Crippen MR) is 101 cm³/mol. The number of nitrogens with one attached hydrogen (secondary N) is 1. The van der Waals surface area contributed by atoms with Crippen LogP contribution in [0.5, 0.6) is 11.5 Å². The van der Waals surface area contributed by atoms with Gasteiger partial charge in [0.25, 0.3) is 0 Å². The smallest absolute Gasteiger partial charge is 0.161 e. The molecule has 3 heterocycles. The van der Waals surface area contributed by atoms with Gasteiger partial charge in [0.1, 0.15) is 18.5 Å². The van der Waals surface area contributed by atoms with Crippen LogP contribution < -0.4 is 9.47 Å². The molecule has 0 radical (unpaired) electrons. The van der Waals surface area contributed by atoms with Crippen molar-refractivity contribution in [3.05, 3.63) is 54.4 Å². The number of nitrogens with zero attached hydrogens (tertiary/aromatic N) is 2. The summed E-state index contributed by atoms with van der Waals surface area (Å²) < 4.78 is 11.9. The van der Waals surface area contributed by atoms with Crippen molar-refractivity contribution in [2.75, 3.05) is 26.2 Å². The maximum absolute atomic E-state index is 6.10. The van der Waals surface area contributed by atoms with Crippen LogP contribution in [0.1, 0.15) is 24.6 Å². The number of likely N-dealkylation sites (tertiary alicyclic amines) is 1. The van der Waals surface area contributed by atoms with Gasteiger partial charge in [-0.15, -0.1) is 0 Å². The molecule has 0 amide bonds. The highest BCUT2D eigenvalue weighted by atomic mass is 16.6. The van der Waals surface area contributed by atoms with E-state index in [-0.39, 0.29) is 6.10 Å². The quantitative estimate of drug-likeness (QED) is 0.785. The Hall–Kier alpha value is -2.53. The fourth-order valence-electron chi connectivity index (χ4n) is 4.00. The Kier molecular flexibility index (Phi) is 4.02. The summed E-state index contributed by atoms with van der Waals surface area (Å²) in [7, 11) is 0. The van der Waals surface area contributed by atoms with Crippen LogP contribution in [-0.4, -0.2) is 47.2 Å². The summed E-state index contributed by atoms with van der Waals surface area (Å²) in [6.07, 6.45) is 2.36. The fraction of sp³-hybridized carbons (Fsp3) is 0.381. The van der Waals surface area contributed by atoms with Gasteiger partial charge in [-0.3, -0.25) is 4.90 Å². The van der Waals surface area contributed by atoms with Crippen LogP contribution in [0, 0.1) is 0 Å². The standard InChI is InChI=1S/C21H23N3O2/c1-2-6-18-17(5-1)22-21(23-18)15-9-11-24(12-10-15)13-16-14-25-19-7-3-4-8-20(19)26-16/h1-8,15-16H,9-14H2,(H,22,23). The lowest BCUT2D eigenvalue weighted by Gasteiger charge is -2.35. The molecule has 134 valence electrons. The van der Waals surface area contributed by atoms with Crippen LogP contribution in [0.4, 0.5) is 0 Å². The number of rotatable bonds is 3. The van der Waals surface area contributed by atoms with Crippen molar-refractivity contribution in [2.24, 2.45) is 0 Å². The Morgan fingerprint density at radius 3 is 2.62 bits per heavy atom. The molecule has 26 heavy (non-hydrogen) atoms. The highest BCUT2D eigenvalue weighted by Gasteiger charge is 2.27. The second kappa shape index (κ2) is 6.65. The molecule has 5 rings (SSSR count). The highest BCUT2D eigenvalue weighted by molar-refractivity contribution is 5.74. The first-order valence-corrected chi connectivity index (χ1v) is 9.40. The van der Waals surface area contributed by atoms with Crippen LogP contribution in [0.2, 0.25) is 0 Å². The van der Waals surface area contributed by atoms with Crippen molar-refractivity contribution < 1.29 is 9.47 Å². The first-order chi connectivity index (χ1) is 12.8. The summed E-state index contributed by atoms with van der Waals surface area (Å²) in [4.78, 5) is 10.8. The molecule has 0 spiro atoms. The van der Waals surface area contributed by atoms with E-state index in [0.717, 1.165) is 60.8 Å². The van der Waals surface area contributed by atoms with Gasteiger partial charge in [-0.1, -0.05) is 24.3 Å². The van der Waals surface area contributed by atoms with E-state index in [1.165, 1.54) is 0 Å². The van der Waals surface area contributed by atoms with Gasteiger partial charge in [-0.25, -0.2) is 4.98 Å². The molecule has 0 saturated carbocycles. The van der Waals surface area contributed by atoms with E-state index in [9.17, 15) is 0 Å². The van der Waals surface area contributed by atoms with Gasteiger partial charge < -0.3 is 14.5 Å².